The quantitative estimate of drug-likeness (QED) is 0.643. The molecule has 1 atom stereocenters. The fourth-order valence-electron chi connectivity index (χ4n) is 3.78. The van der Waals surface area contributed by atoms with Crippen molar-refractivity contribution in [2.45, 2.75) is 19.4 Å². The predicted molar refractivity (Wildman–Crippen MR) is 106 cm³/mol. The number of fused-ring (bicyclic) bond motifs is 1. The number of methoxy groups -OCH3 is 1. The number of hydrogen-bond acceptors (Lipinski definition) is 4. The van der Waals surface area contributed by atoms with Crippen molar-refractivity contribution in [2.24, 2.45) is 0 Å². The fraction of sp³-hybridized carbons (Fsp3) is 0.273. The summed E-state index contributed by atoms with van der Waals surface area (Å²) in [5, 5.41) is 17.6. The number of amides is 1. The van der Waals surface area contributed by atoms with Gasteiger partial charge in [0.1, 0.15) is 17.1 Å². The Morgan fingerprint density at radius 1 is 1.18 bits per heavy atom. The molecule has 1 aliphatic heterocycles. The summed E-state index contributed by atoms with van der Waals surface area (Å²) < 4.78 is 5.17. The summed E-state index contributed by atoms with van der Waals surface area (Å²) in [7, 11) is 1.66. The lowest BCUT2D eigenvalue weighted by Gasteiger charge is -2.26. The lowest BCUT2D eigenvalue weighted by molar-refractivity contribution is 0.0723. The van der Waals surface area contributed by atoms with E-state index in [0.717, 1.165) is 23.1 Å². The van der Waals surface area contributed by atoms with Crippen LogP contribution in [0.25, 0.3) is 11.3 Å². The molecule has 6 nitrogen and oxygen atoms in total. The number of phenolic OH excluding ortho intramolecular Hbond substituents is 1. The summed E-state index contributed by atoms with van der Waals surface area (Å²) in [4.78, 5) is 15.0. The highest BCUT2D eigenvalue weighted by atomic mass is 16.5. The summed E-state index contributed by atoms with van der Waals surface area (Å²) in [6.45, 7) is 3.20. The van der Waals surface area contributed by atoms with E-state index < -0.39 is 0 Å². The Bertz CT molecular complexity index is 995. The molecule has 1 aromatic heterocycles. The van der Waals surface area contributed by atoms with Gasteiger partial charge in [0.15, 0.2) is 0 Å². The molecule has 0 radical (unpaired) electrons. The Labute approximate surface area is 163 Å². The van der Waals surface area contributed by atoms with E-state index in [1.165, 1.54) is 0 Å². The SMILES string of the molecule is COCCCN1C(=O)c2[nH]nc(-c3ccccc3O)c2[C@@H]1c1ccc(C)cc1. The van der Waals surface area contributed by atoms with Crippen molar-refractivity contribution < 1.29 is 14.6 Å². The van der Waals surface area contributed by atoms with Gasteiger partial charge in [-0.15, -0.1) is 0 Å². The number of benzene rings is 2. The van der Waals surface area contributed by atoms with Gasteiger partial charge in [0.25, 0.3) is 5.91 Å². The van der Waals surface area contributed by atoms with Gasteiger partial charge < -0.3 is 14.7 Å². The smallest absolute Gasteiger partial charge is 0.273 e. The zero-order chi connectivity index (χ0) is 19.7. The number of nitrogens with zero attached hydrogens (tertiary/aromatic N) is 2. The van der Waals surface area contributed by atoms with Crippen LogP contribution in [0.4, 0.5) is 0 Å². The first kappa shape index (κ1) is 18.3. The zero-order valence-electron chi connectivity index (χ0n) is 16.0. The molecule has 144 valence electrons. The van der Waals surface area contributed by atoms with Crippen molar-refractivity contribution in [3.8, 4) is 17.0 Å². The minimum absolute atomic E-state index is 0.0779. The number of aromatic nitrogens is 2. The van der Waals surface area contributed by atoms with Crippen molar-refractivity contribution in [1.82, 2.24) is 15.1 Å². The maximum atomic E-state index is 13.1. The number of H-pyrrole nitrogens is 1. The Morgan fingerprint density at radius 2 is 1.93 bits per heavy atom. The molecule has 2 aromatic carbocycles. The van der Waals surface area contributed by atoms with Crippen LogP contribution in [0.1, 0.15) is 39.6 Å². The number of nitrogens with one attached hydrogen (secondary N) is 1. The second-order valence-electron chi connectivity index (χ2n) is 7.04. The number of ether oxygens (including phenoxy) is 1. The maximum Gasteiger partial charge on any atom is 0.273 e. The van der Waals surface area contributed by atoms with Crippen LogP contribution in [0.5, 0.6) is 5.75 Å². The molecule has 0 spiro atoms. The molecule has 2 heterocycles. The van der Waals surface area contributed by atoms with Gasteiger partial charge >= 0.3 is 0 Å². The van der Waals surface area contributed by atoms with Crippen molar-refractivity contribution in [3.05, 3.63) is 70.9 Å². The van der Waals surface area contributed by atoms with Crippen molar-refractivity contribution >= 4 is 5.91 Å². The second kappa shape index (κ2) is 7.48. The van der Waals surface area contributed by atoms with E-state index in [2.05, 4.69) is 10.2 Å². The monoisotopic (exact) mass is 377 g/mol. The van der Waals surface area contributed by atoms with Gasteiger partial charge in [0, 0.05) is 31.4 Å². The molecular weight excluding hydrogens is 354 g/mol. The molecule has 6 heteroatoms. The van der Waals surface area contributed by atoms with Gasteiger partial charge in [0.05, 0.1) is 6.04 Å². The third-order valence-corrected chi connectivity index (χ3v) is 5.16. The molecule has 1 aliphatic rings. The summed E-state index contributed by atoms with van der Waals surface area (Å²) in [5.74, 6) is 0.0654. The summed E-state index contributed by atoms with van der Waals surface area (Å²) in [5.41, 5.74) is 4.71. The fourth-order valence-corrected chi connectivity index (χ4v) is 3.78. The normalized spacial score (nSPS) is 15.9. The summed E-state index contributed by atoms with van der Waals surface area (Å²) >= 11 is 0. The number of aromatic amines is 1. The van der Waals surface area contributed by atoms with E-state index in [-0.39, 0.29) is 17.7 Å². The van der Waals surface area contributed by atoms with Crippen LogP contribution in [0.2, 0.25) is 0 Å². The lowest BCUT2D eigenvalue weighted by Crippen LogP contribution is -2.31. The van der Waals surface area contributed by atoms with E-state index in [4.69, 9.17) is 4.74 Å². The third-order valence-electron chi connectivity index (χ3n) is 5.16. The number of rotatable bonds is 6. The van der Waals surface area contributed by atoms with Gasteiger partial charge in [0.2, 0.25) is 0 Å². The van der Waals surface area contributed by atoms with Crippen LogP contribution >= 0.6 is 0 Å². The molecule has 0 aliphatic carbocycles. The van der Waals surface area contributed by atoms with E-state index in [1.807, 2.05) is 48.2 Å². The zero-order valence-corrected chi connectivity index (χ0v) is 16.0. The van der Waals surface area contributed by atoms with Gasteiger partial charge in [-0.1, -0.05) is 42.0 Å². The lowest BCUT2D eigenvalue weighted by atomic mass is 9.95. The highest BCUT2D eigenvalue weighted by molar-refractivity contribution is 6.00. The van der Waals surface area contributed by atoms with E-state index in [9.17, 15) is 9.90 Å². The van der Waals surface area contributed by atoms with Crippen LogP contribution in [0.15, 0.2) is 48.5 Å². The standard InChI is InChI=1S/C22H23N3O3/c1-14-8-10-15(11-9-14)21-18-19(16-6-3-4-7-17(16)26)23-24-20(18)22(27)25(21)12-5-13-28-2/h3-4,6-11,21,26H,5,12-13H2,1-2H3,(H,23,24)/t21-/m0/s1. The van der Waals surface area contributed by atoms with E-state index >= 15 is 0 Å². The van der Waals surface area contributed by atoms with Crippen LogP contribution < -0.4 is 0 Å². The minimum atomic E-state index is -0.256. The van der Waals surface area contributed by atoms with Crippen molar-refractivity contribution in [1.29, 1.82) is 0 Å². The largest absolute Gasteiger partial charge is 0.507 e. The van der Waals surface area contributed by atoms with Crippen LogP contribution in [-0.2, 0) is 4.74 Å². The van der Waals surface area contributed by atoms with Crippen LogP contribution in [-0.4, -0.2) is 46.4 Å². The molecule has 1 amide bonds. The van der Waals surface area contributed by atoms with Gasteiger partial charge in [-0.25, -0.2) is 0 Å². The Balaban J connectivity index is 1.83. The number of carbonyl (C=O) groups excluding carboxylic acids is 1. The first-order valence-electron chi connectivity index (χ1n) is 9.35. The average Bonchev–Trinajstić information content (AvgIpc) is 3.23. The first-order valence-corrected chi connectivity index (χ1v) is 9.35. The number of aryl methyl sites for hydroxylation is 1. The highest BCUT2D eigenvalue weighted by Gasteiger charge is 2.42. The highest BCUT2D eigenvalue weighted by Crippen LogP contribution is 2.44. The van der Waals surface area contributed by atoms with Gasteiger partial charge in [-0.05, 0) is 31.0 Å². The molecule has 2 N–H and O–H groups in total. The molecule has 28 heavy (non-hydrogen) atoms. The predicted octanol–water partition coefficient (Wildman–Crippen LogP) is 3.67. The number of aromatic hydroxyl groups is 1. The number of para-hydroxylation sites is 1. The summed E-state index contributed by atoms with van der Waals surface area (Å²) in [6.07, 6.45) is 0.744. The first-order chi connectivity index (χ1) is 13.6. The summed E-state index contributed by atoms with van der Waals surface area (Å²) in [6, 6.07) is 15.0. The molecule has 0 saturated carbocycles. The van der Waals surface area contributed by atoms with Gasteiger partial charge in [-0.3, -0.25) is 9.89 Å². The molecule has 0 saturated heterocycles. The molecule has 4 rings (SSSR count). The minimum Gasteiger partial charge on any atom is -0.507 e. The molecule has 3 aromatic rings. The van der Waals surface area contributed by atoms with E-state index in [0.29, 0.717) is 30.1 Å². The molecule has 0 bridgehead atoms. The Hall–Kier alpha value is -3.12. The van der Waals surface area contributed by atoms with Crippen molar-refractivity contribution in [2.75, 3.05) is 20.3 Å². The van der Waals surface area contributed by atoms with Crippen LogP contribution in [0.3, 0.4) is 0 Å². The Morgan fingerprint density at radius 3 is 2.64 bits per heavy atom. The van der Waals surface area contributed by atoms with Crippen molar-refractivity contribution in [3.63, 3.8) is 0 Å². The maximum absolute atomic E-state index is 13.1. The molecular formula is C22H23N3O3. The number of phenols is 1. The third kappa shape index (κ3) is 3.05. The Kier molecular flexibility index (Phi) is 4.88. The van der Waals surface area contributed by atoms with Crippen LogP contribution in [0, 0.1) is 6.92 Å². The molecule has 0 fully saturated rings. The average molecular weight is 377 g/mol. The number of hydrogen-bond donors (Lipinski definition) is 2. The topological polar surface area (TPSA) is 78.5 Å². The van der Waals surface area contributed by atoms with E-state index in [1.54, 1.807) is 19.2 Å². The second-order valence-corrected chi connectivity index (χ2v) is 7.04. The van der Waals surface area contributed by atoms with Gasteiger partial charge in [-0.2, -0.15) is 5.10 Å². The number of carbonyl (C=O) groups is 1. The molecule has 0 unspecified atom stereocenters.